The van der Waals surface area contributed by atoms with Crippen LogP contribution in [0.3, 0.4) is 0 Å². The Labute approximate surface area is 168 Å². The van der Waals surface area contributed by atoms with Crippen molar-refractivity contribution in [2.24, 2.45) is 0 Å². The van der Waals surface area contributed by atoms with Crippen LogP contribution < -0.4 is 56.5 Å². The van der Waals surface area contributed by atoms with Gasteiger partial charge in [-0.1, -0.05) is 59.6 Å². The molecule has 0 saturated heterocycles. The quantitative estimate of drug-likeness (QED) is 0.731. The first-order chi connectivity index (χ1) is 8.96. The predicted molar refractivity (Wildman–Crippen MR) is 70.9 cm³/mol. The number of carboxylic acids is 1. The molecule has 6 heteroatoms. The van der Waals surface area contributed by atoms with Gasteiger partial charge in [0.05, 0.1) is 5.97 Å². The van der Waals surface area contributed by atoms with Crippen molar-refractivity contribution in [3.05, 3.63) is 69.7 Å². The number of carbonyl (C=O) groups is 1. The molecule has 1 N–H and O–H groups in total. The molecule has 20 heavy (non-hydrogen) atoms. The molecule has 1 unspecified atom stereocenters. The Morgan fingerprint density at radius 2 is 1.70 bits per heavy atom. The van der Waals surface area contributed by atoms with Gasteiger partial charge in [-0.05, 0) is 17.7 Å². The summed E-state index contributed by atoms with van der Waals surface area (Å²) in [6.45, 7) is 0. The minimum Gasteiger partial charge on any atom is -0.546 e. The summed E-state index contributed by atoms with van der Waals surface area (Å²) in [5.41, 5.74) is -2.13. The van der Waals surface area contributed by atoms with Gasteiger partial charge in [0.25, 0.3) is 0 Å². The van der Waals surface area contributed by atoms with E-state index in [0.717, 1.165) is 0 Å². The average molecular weight is 335 g/mol. The Kier molecular flexibility index (Phi) is 6.69. The fraction of sp³-hybridized carbons (Fsp3) is 0.0714. The van der Waals surface area contributed by atoms with Crippen LogP contribution in [0.5, 0.6) is 0 Å². The second-order valence-corrected chi connectivity index (χ2v) is 4.83. The van der Waals surface area contributed by atoms with Gasteiger partial charge in [-0.3, -0.25) is 0 Å². The van der Waals surface area contributed by atoms with E-state index in [4.69, 9.17) is 23.2 Å². The summed E-state index contributed by atoms with van der Waals surface area (Å²) in [6, 6.07) is 12.1. The number of hydrogen-bond acceptors (Lipinski definition) is 3. The van der Waals surface area contributed by atoms with Crippen LogP contribution in [0, 0.1) is 0 Å². The minimum atomic E-state index is -2.32. The second-order valence-electron chi connectivity index (χ2n) is 3.99. The molecule has 0 bridgehead atoms. The van der Waals surface area contributed by atoms with E-state index in [1.165, 1.54) is 30.3 Å². The summed E-state index contributed by atoms with van der Waals surface area (Å²) < 4.78 is 0. The van der Waals surface area contributed by atoms with Gasteiger partial charge >= 0.3 is 51.4 Å². The van der Waals surface area contributed by atoms with Crippen molar-refractivity contribution in [2.45, 2.75) is 5.60 Å². The molecule has 2 aromatic carbocycles. The number of hydrogen-bond donors (Lipinski definition) is 1. The van der Waals surface area contributed by atoms with E-state index >= 15 is 0 Å². The van der Waals surface area contributed by atoms with Gasteiger partial charge in [0.1, 0.15) is 0 Å². The molecular weight excluding hydrogens is 326 g/mol. The molecule has 3 nitrogen and oxygen atoms in total. The van der Waals surface area contributed by atoms with Crippen LogP contribution in [0.25, 0.3) is 0 Å². The van der Waals surface area contributed by atoms with Crippen molar-refractivity contribution in [2.75, 3.05) is 0 Å². The van der Waals surface area contributed by atoms with E-state index in [1.54, 1.807) is 18.2 Å². The molecule has 0 aliphatic heterocycles. The zero-order chi connectivity index (χ0) is 14.0. The monoisotopic (exact) mass is 334 g/mol. The molecular formula is C14H9Cl2KO3. The van der Waals surface area contributed by atoms with Gasteiger partial charge in [0, 0.05) is 15.6 Å². The number of carbonyl (C=O) groups excluding carboxylic acids is 1. The molecule has 2 rings (SSSR count). The first-order valence-corrected chi connectivity index (χ1v) is 6.16. The fourth-order valence-corrected chi connectivity index (χ4v) is 2.39. The van der Waals surface area contributed by atoms with Crippen LogP contribution in [-0.4, -0.2) is 11.1 Å². The molecule has 1 atom stereocenters. The molecule has 0 fully saturated rings. The standard InChI is InChI=1S/C14H10Cl2O3.K/c15-10-6-7-11(12(16)8-10)14(19,13(17)18)9-4-2-1-3-5-9;/h1-8,19H,(H,17,18);/q;+1/p-1. The summed E-state index contributed by atoms with van der Waals surface area (Å²) in [7, 11) is 0. The number of rotatable bonds is 3. The minimum absolute atomic E-state index is 0. The average Bonchev–Trinajstić information content (AvgIpc) is 2.38. The maximum absolute atomic E-state index is 11.4. The van der Waals surface area contributed by atoms with E-state index in [-0.39, 0.29) is 67.5 Å². The molecule has 0 saturated carbocycles. The van der Waals surface area contributed by atoms with Crippen molar-refractivity contribution in [3.8, 4) is 0 Å². The van der Waals surface area contributed by atoms with Gasteiger partial charge in [0.2, 0.25) is 0 Å². The van der Waals surface area contributed by atoms with Crippen LogP contribution >= 0.6 is 23.2 Å². The number of halogens is 2. The fourth-order valence-electron chi connectivity index (χ4n) is 1.85. The van der Waals surface area contributed by atoms with Crippen molar-refractivity contribution in [1.82, 2.24) is 0 Å². The SMILES string of the molecule is O=C([O-])C(O)(c1ccccc1)c1ccc(Cl)cc1Cl.[K+]. The third-order valence-electron chi connectivity index (χ3n) is 2.81. The van der Waals surface area contributed by atoms with E-state index < -0.39 is 11.6 Å². The topological polar surface area (TPSA) is 60.4 Å². The largest absolute Gasteiger partial charge is 1.00 e. The maximum atomic E-state index is 11.4. The first-order valence-electron chi connectivity index (χ1n) is 5.41. The number of benzene rings is 2. The number of carboxylic acid groups (broad SMARTS) is 1. The van der Waals surface area contributed by atoms with Gasteiger partial charge in [0.15, 0.2) is 5.60 Å². The van der Waals surface area contributed by atoms with Gasteiger partial charge in [-0.2, -0.15) is 0 Å². The molecule has 0 aliphatic carbocycles. The third-order valence-corrected chi connectivity index (χ3v) is 3.36. The molecule has 0 radical (unpaired) electrons. The Balaban J connectivity index is 0.00000200. The first kappa shape index (κ1) is 18.1. The second kappa shape index (κ2) is 7.38. The summed E-state index contributed by atoms with van der Waals surface area (Å²) in [6.07, 6.45) is 0. The zero-order valence-corrected chi connectivity index (χ0v) is 15.3. The Bertz CT molecular complexity index is 619. The van der Waals surface area contributed by atoms with Crippen LogP contribution in [0.4, 0.5) is 0 Å². The Morgan fingerprint density at radius 3 is 2.20 bits per heavy atom. The van der Waals surface area contributed by atoms with E-state index in [1.807, 2.05) is 0 Å². The Morgan fingerprint density at radius 1 is 1.10 bits per heavy atom. The van der Waals surface area contributed by atoms with Crippen LogP contribution in [-0.2, 0) is 10.4 Å². The molecule has 0 heterocycles. The molecule has 2 aromatic rings. The molecule has 0 aliphatic rings. The smallest absolute Gasteiger partial charge is 0.546 e. The van der Waals surface area contributed by atoms with Crippen molar-refractivity contribution in [3.63, 3.8) is 0 Å². The maximum Gasteiger partial charge on any atom is 1.00 e. The summed E-state index contributed by atoms with van der Waals surface area (Å²) in [5, 5.41) is 22.3. The molecule has 0 aromatic heterocycles. The van der Waals surface area contributed by atoms with Crippen molar-refractivity contribution in [1.29, 1.82) is 0 Å². The van der Waals surface area contributed by atoms with Gasteiger partial charge < -0.3 is 15.0 Å². The van der Waals surface area contributed by atoms with Crippen LogP contribution in [0.2, 0.25) is 10.0 Å². The van der Waals surface area contributed by atoms with Crippen molar-refractivity contribution >= 4 is 29.2 Å². The molecule has 0 amide bonds. The number of aliphatic hydroxyl groups is 1. The summed E-state index contributed by atoms with van der Waals surface area (Å²) in [5.74, 6) is -1.65. The van der Waals surface area contributed by atoms with Gasteiger partial charge in [-0.15, -0.1) is 0 Å². The molecule has 98 valence electrons. The van der Waals surface area contributed by atoms with E-state index in [2.05, 4.69) is 0 Å². The molecule has 0 spiro atoms. The van der Waals surface area contributed by atoms with E-state index in [9.17, 15) is 15.0 Å². The zero-order valence-electron chi connectivity index (χ0n) is 10.6. The normalized spacial score (nSPS) is 13.2. The van der Waals surface area contributed by atoms with Crippen LogP contribution in [0.1, 0.15) is 11.1 Å². The summed E-state index contributed by atoms with van der Waals surface area (Å²) in [4.78, 5) is 11.4. The van der Waals surface area contributed by atoms with Crippen LogP contribution in [0.15, 0.2) is 48.5 Å². The van der Waals surface area contributed by atoms with Crippen molar-refractivity contribution < 1.29 is 66.4 Å². The predicted octanol–water partition coefficient (Wildman–Crippen LogP) is -1.02. The summed E-state index contributed by atoms with van der Waals surface area (Å²) >= 11 is 11.7. The van der Waals surface area contributed by atoms with Gasteiger partial charge in [-0.25, -0.2) is 0 Å². The number of aliphatic carboxylic acids is 1. The Hall–Kier alpha value is 0.0864. The third kappa shape index (κ3) is 3.46. The van der Waals surface area contributed by atoms with E-state index in [0.29, 0.717) is 5.02 Å².